The predicted octanol–water partition coefficient (Wildman–Crippen LogP) is 2.42. The van der Waals surface area contributed by atoms with E-state index in [0.717, 1.165) is 0 Å². The lowest BCUT2D eigenvalue weighted by Gasteiger charge is -2.43. The van der Waals surface area contributed by atoms with E-state index < -0.39 is 0 Å². The number of carbonyl (C=O) groups is 3. The molecule has 5 nitrogen and oxygen atoms in total. The van der Waals surface area contributed by atoms with Crippen LogP contribution in [0.3, 0.4) is 0 Å². The topological polar surface area (TPSA) is 69.7 Å². The zero-order chi connectivity index (χ0) is 16.2. The van der Waals surface area contributed by atoms with Crippen molar-refractivity contribution in [3.05, 3.63) is 0 Å². The van der Waals surface area contributed by atoms with Gasteiger partial charge in [-0.3, -0.25) is 9.59 Å². The Labute approximate surface area is 130 Å². The van der Waals surface area contributed by atoms with Gasteiger partial charge < -0.3 is 14.3 Å². The average Bonchev–Trinajstić information content (AvgIpc) is 2.35. The maximum absolute atomic E-state index is 11.5. The molecule has 0 amide bonds. The highest BCUT2D eigenvalue weighted by Gasteiger charge is 2.43. The molecule has 6 heteroatoms. The number of hydrogen-bond donors (Lipinski definition) is 0. The second kappa shape index (κ2) is 7.82. The maximum Gasteiger partial charge on any atom is 0.303 e. The van der Waals surface area contributed by atoms with Crippen molar-refractivity contribution in [2.45, 2.75) is 51.7 Å². The van der Waals surface area contributed by atoms with Crippen molar-refractivity contribution in [3.63, 3.8) is 0 Å². The lowest BCUT2D eigenvalue weighted by molar-refractivity contribution is -0.147. The number of ketones is 1. The Morgan fingerprint density at radius 2 is 1.62 bits per heavy atom. The molecule has 0 saturated carbocycles. The van der Waals surface area contributed by atoms with E-state index >= 15 is 0 Å². The highest BCUT2D eigenvalue weighted by atomic mass is 32.2. The van der Waals surface area contributed by atoms with E-state index in [2.05, 4.69) is 13.8 Å². The third-order valence-corrected chi connectivity index (χ3v) is 5.63. The molecule has 120 valence electrons. The predicted molar refractivity (Wildman–Crippen MR) is 80.7 cm³/mol. The van der Waals surface area contributed by atoms with E-state index in [1.54, 1.807) is 6.92 Å². The first-order valence-electron chi connectivity index (χ1n) is 7.17. The van der Waals surface area contributed by atoms with Crippen LogP contribution in [-0.4, -0.2) is 35.0 Å². The molecule has 0 N–H and O–H groups in total. The summed E-state index contributed by atoms with van der Waals surface area (Å²) in [6.45, 7) is 8.75. The van der Waals surface area contributed by atoms with Gasteiger partial charge in [0.05, 0.1) is 0 Å². The van der Waals surface area contributed by atoms with Crippen LogP contribution in [0.15, 0.2) is 0 Å². The van der Waals surface area contributed by atoms with Gasteiger partial charge in [-0.15, -0.1) is 11.8 Å². The molecule has 1 rings (SSSR count). The fourth-order valence-corrected chi connectivity index (χ4v) is 4.38. The summed E-state index contributed by atoms with van der Waals surface area (Å²) in [4.78, 5) is 33.8. The number of thioether (sulfide) groups is 1. The maximum atomic E-state index is 11.5. The standard InChI is InChI=1S/C15H24O5S/c1-8(16)6-13-9(2)10(3)14(7-19-11(4)17)21-15(13)20-12(5)18/h9-10,13-15H,6-7H2,1-5H3/t9-,10-,13?,14?,15?/m0/s1. The summed E-state index contributed by atoms with van der Waals surface area (Å²) in [6, 6.07) is 0. The molecular formula is C15H24O5S. The molecule has 5 atom stereocenters. The van der Waals surface area contributed by atoms with Gasteiger partial charge in [-0.25, -0.2) is 0 Å². The Balaban J connectivity index is 2.84. The minimum atomic E-state index is -0.363. The summed E-state index contributed by atoms with van der Waals surface area (Å²) in [5, 5.41) is 0.0662. The third kappa shape index (κ3) is 5.34. The summed E-state index contributed by atoms with van der Waals surface area (Å²) >= 11 is 1.49. The molecule has 0 aliphatic carbocycles. The molecule has 0 aromatic carbocycles. The third-order valence-electron chi connectivity index (χ3n) is 4.01. The molecule has 0 bridgehead atoms. The average molecular weight is 316 g/mol. The van der Waals surface area contributed by atoms with Gasteiger partial charge in [0.25, 0.3) is 0 Å². The summed E-state index contributed by atoms with van der Waals surface area (Å²) in [6.07, 6.45) is 0.400. The van der Waals surface area contributed by atoms with Gasteiger partial charge in [-0.2, -0.15) is 0 Å². The quantitative estimate of drug-likeness (QED) is 0.726. The smallest absolute Gasteiger partial charge is 0.303 e. The van der Waals surface area contributed by atoms with Crippen molar-refractivity contribution in [3.8, 4) is 0 Å². The molecular weight excluding hydrogens is 292 g/mol. The molecule has 0 spiro atoms. The molecule has 0 radical (unpaired) electrons. The van der Waals surface area contributed by atoms with Gasteiger partial charge in [0, 0.05) is 31.4 Å². The molecule has 0 aromatic heterocycles. The second-order valence-electron chi connectivity index (χ2n) is 5.74. The van der Waals surface area contributed by atoms with Crippen molar-refractivity contribution in [2.24, 2.45) is 17.8 Å². The van der Waals surface area contributed by atoms with Crippen LogP contribution in [0.4, 0.5) is 0 Å². The Kier molecular flexibility index (Phi) is 6.71. The van der Waals surface area contributed by atoms with Crippen molar-refractivity contribution < 1.29 is 23.9 Å². The zero-order valence-electron chi connectivity index (χ0n) is 13.3. The highest BCUT2D eigenvalue weighted by Crippen LogP contribution is 2.45. The monoisotopic (exact) mass is 316 g/mol. The van der Waals surface area contributed by atoms with E-state index in [1.165, 1.54) is 25.6 Å². The molecule has 3 unspecified atom stereocenters. The normalized spacial score (nSPS) is 32.3. The molecule has 1 heterocycles. The van der Waals surface area contributed by atoms with Crippen molar-refractivity contribution in [1.29, 1.82) is 0 Å². The number of ether oxygens (including phenoxy) is 2. The van der Waals surface area contributed by atoms with Crippen LogP contribution in [0, 0.1) is 17.8 Å². The van der Waals surface area contributed by atoms with Gasteiger partial charge in [0.2, 0.25) is 0 Å². The van der Waals surface area contributed by atoms with Crippen molar-refractivity contribution >= 4 is 29.5 Å². The summed E-state index contributed by atoms with van der Waals surface area (Å²) in [5.74, 6) is -0.0971. The van der Waals surface area contributed by atoms with Crippen LogP contribution in [0.1, 0.15) is 41.0 Å². The lowest BCUT2D eigenvalue weighted by Crippen LogP contribution is -2.44. The first-order valence-corrected chi connectivity index (χ1v) is 8.12. The van der Waals surface area contributed by atoms with Gasteiger partial charge >= 0.3 is 11.9 Å². The second-order valence-corrected chi connectivity index (χ2v) is 7.09. The fraction of sp³-hybridized carbons (Fsp3) is 0.800. The Hall–Kier alpha value is -1.04. The van der Waals surface area contributed by atoms with Crippen LogP contribution < -0.4 is 0 Å². The van der Waals surface area contributed by atoms with Crippen molar-refractivity contribution in [2.75, 3.05) is 6.61 Å². The summed E-state index contributed by atoms with van der Waals surface area (Å²) < 4.78 is 10.5. The molecule has 0 aromatic rings. The largest absolute Gasteiger partial charge is 0.465 e. The number of rotatable bonds is 5. The van der Waals surface area contributed by atoms with Crippen LogP contribution in [0.25, 0.3) is 0 Å². The molecule has 1 aliphatic rings. The molecule has 1 saturated heterocycles. The minimum absolute atomic E-state index is 0.0000203. The fourth-order valence-electron chi connectivity index (χ4n) is 2.66. The lowest BCUT2D eigenvalue weighted by atomic mass is 9.79. The van der Waals surface area contributed by atoms with E-state index in [4.69, 9.17) is 9.47 Å². The van der Waals surface area contributed by atoms with Crippen LogP contribution in [0.5, 0.6) is 0 Å². The summed E-state index contributed by atoms with van der Waals surface area (Å²) in [5.41, 5.74) is -0.363. The summed E-state index contributed by atoms with van der Waals surface area (Å²) in [7, 11) is 0. The number of Topliss-reactive ketones (excluding diaryl/α,β-unsaturated/α-hetero) is 1. The number of hydrogen-bond acceptors (Lipinski definition) is 6. The van der Waals surface area contributed by atoms with Gasteiger partial charge in [0.15, 0.2) is 5.44 Å². The first-order chi connectivity index (χ1) is 9.72. The molecule has 1 aliphatic heterocycles. The van der Waals surface area contributed by atoms with Gasteiger partial charge in [-0.1, -0.05) is 13.8 Å². The molecule has 1 fully saturated rings. The van der Waals surface area contributed by atoms with E-state index in [-0.39, 0.29) is 46.2 Å². The van der Waals surface area contributed by atoms with E-state index in [0.29, 0.717) is 13.0 Å². The minimum Gasteiger partial charge on any atom is -0.465 e. The zero-order valence-corrected chi connectivity index (χ0v) is 14.1. The van der Waals surface area contributed by atoms with Gasteiger partial charge in [0.1, 0.15) is 12.4 Å². The Morgan fingerprint density at radius 3 is 2.10 bits per heavy atom. The van der Waals surface area contributed by atoms with Crippen molar-refractivity contribution in [1.82, 2.24) is 0 Å². The Morgan fingerprint density at radius 1 is 1.00 bits per heavy atom. The van der Waals surface area contributed by atoms with Crippen LogP contribution in [-0.2, 0) is 23.9 Å². The highest BCUT2D eigenvalue weighted by molar-refractivity contribution is 8.00. The molecule has 21 heavy (non-hydrogen) atoms. The van der Waals surface area contributed by atoms with Crippen LogP contribution in [0.2, 0.25) is 0 Å². The van der Waals surface area contributed by atoms with Crippen LogP contribution >= 0.6 is 11.8 Å². The SMILES string of the molecule is CC(=O)CC1C(OC(C)=O)SC(COC(C)=O)[C@@H](C)[C@@H]1C. The van der Waals surface area contributed by atoms with E-state index in [1.807, 2.05) is 0 Å². The number of esters is 2. The number of carbonyl (C=O) groups excluding carboxylic acids is 3. The van der Waals surface area contributed by atoms with Gasteiger partial charge in [-0.05, 0) is 18.8 Å². The van der Waals surface area contributed by atoms with E-state index in [9.17, 15) is 14.4 Å². The Bertz CT molecular complexity index is 407. The first kappa shape index (κ1) is 18.0.